The van der Waals surface area contributed by atoms with Gasteiger partial charge in [0.1, 0.15) is 10.6 Å². The number of nitrogens with zero attached hydrogens (tertiary/aromatic N) is 1. The largest absolute Gasteiger partial charge is 0.464 e. The summed E-state index contributed by atoms with van der Waals surface area (Å²) in [5.41, 5.74) is 0.530. The van der Waals surface area contributed by atoms with E-state index >= 15 is 0 Å². The molecule has 0 radical (unpaired) electrons. The molecule has 146 valence electrons. The van der Waals surface area contributed by atoms with Crippen LogP contribution in [0, 0.1) is 5.92 Å². The number of carbonyl (C=O) groups is 2. The highest BCUT2D eigenvalue weighted by Gasteiger charge is 2.28. The van der Waals surface area contributed by atoms with Crippen molar-refractivity contribution in [2.75, 3.05) is 7.11 Å². The van der Waals surface area contributed by atoms with Crippen molar-refractivity contribution in [2.24, 2.45) is 5.92 Å². The summed E-state index contributed by atoms with van der Waals surface area (Å²) in [4.78, 5) is 29.7. The molecular formula is C20H26N2O4S. The Morgan fingerprint density at radius 3 is 2.30 bits per heavy atom. The van der Waals surface area contributed by atoms with Gasteiger partial charge in [-0.25, -0.2) is 14.6 Å². The normalized spacial score (nSPS) is 12.6. The molecule has 0 aliphatic heterocycles. The van der Waals surface area contributed by atoms with E-state index < -0.39 is 17.7 Å². The number of ether oxygens (including phenoxy) is 2. The minimum Gasteiger partial charge on any atom is -0.464 e. The lowest BCUT2D eigenvalue weighted by Gasteiger charge is -2.24. The van der Waals surface area contributed by atoms with Crippen LogP contribution >= 0.6 is 11.3 Å². The molecule has 0 unspecified atom stereocenters. The topological polar surface area (TPSA) is 77.5 Å². The van der Waals surface area contributed by atoms with E-state index in [9.17, 15) is 9.59 Å². The molecule has 1 N–H and O–H groups in total. The number of amides is 1. The molecule has 7 heteroatoms. The van der Waals surface area contributed by atoms with Crippen molar-refractivity contribution in [1.82, 2.24) is 10.3 Å². The molecule has 1 heterocycles. The van der Waals surface area contributed by atoms with E-state index in [-0.39, 0.29) is 17.7 Å². The van der Waals surface area contributed by atoms with Gasteiger partial charge < -0.3 is 14.8 Å². The highest BCUT2D eigenvalue weighted by atomic mass is 32.1. The highest BCUT2D eigenvalue weighted by molar-refractivity contribution is 7.15. The molecule has 2 rings (SSSR count). The van der Waals surface area contributed by atoms with Gasteiger partial charge in [0.2, 0.25) is 0 Å². The Morgan fingerprint density at radius 1 is 1.15 bits per heavy atom. The molecule has 0 saturated heterocycles. The number of carbonyl (C=O) groups excluding carboxylic acids is 2. The van der Waals surface area contributed by atoms with Gasteiger partial charge in [-0.2, -0.15) is 0 Å². The second-order valence-electron chi connectivity index (χ2n) is 7.46. The second-order valence-corrected chi connectivity index (χ2v) is 8.49. The zero-order valence-corrected chi connectivity index (χ0v) is 17.3. The van der Waals surface area contributed by atoms with Crippen molar-refractivity contribution < 1.29 is 19.1 Å². The van der Waals surface area contributed by atoms with E-state index in [1.807, 2.05) is 65.0 Å². The summed E-state index contributed by atoms with van der Waals surface area (Å²) in [6.07, 6.45) is -0.516. The van der Waals surface area contributed by atoms with Gasteiger partial charge in [0.25, 0.3) is 0 Å². The Morgan fingerprint density at radius 2 is 1.78 bits per heavy atom. The minimum atomic E-state index is -0.596. The number of benzene rings is 1. The molecule has 1 atom stereocenters. The van der Waals surface area contributed by atoms with Crippen molar-refractivity contribution >= 4 is 23.4 Å². The summed E-state index contributed by atoms with van der Waals surface area (Å²) in [6, 6.07) is 9.14. The third kappa shape index (κ3) is 5.53. The molecule has 1 aromatic carbocycles. The molecular weight excluding hydrogens is 364 g/mol. The van der Waals surface area contributed by atoms with Crippen LogP contribution < -0.4 is 5.32 Å². The van der Waals surface area contributed by atoms with E-state index in [0.29, 0.717) is 9.88 Å². The Balaban J connectivity index is 2.41. The first-order valence-corrected chi connectivity index (χ1v) is 9.58. The molecule has 0 fully saturated rings. The number of aromatic nitrogens is 1. The van der Waals surface area contributed by atoms with Gasteiger partial charge in [-0.05, 0) is 32.3 Å². The summed E-state index contributed by atoms with van der Waals surface area (Å²) in [7, 11) is 1.33. The van der Waals surface area contributed by atoms with E-state index in [0.717, 1.165) is 5.56 Å². The zero-order chi connectivity index (χ0) is 20.2. The third-order valence-electron chi connectivity index (χ3n) is 3.66. The number of alkyl carbamates (subject to hydrolysis) is 1. The Labute approximate surface area is 163 Å². The average molecular weight is 391 g/mol. The highest BCUT2D eigenvalue weighted by Crippen LogP contribution is 2.35. The van der Waals surface area contributed by atoms with Crippen LogP contribution in [0.25, 0.3) is 10.4 Å². The quantitative estimate of drug-likeness (QED) is 0.741. The number of hydrogen-bond donors (Lipinski definition) is 1. The molecule has 6 nitrogen and oxygen atoms in total. The summed E-state index contributed by atoms with van der Waals surface area (Å²) in [5, 5.41) is 3.51. The van der Waals surface area contributed by atoms with Gasteiger partial charge in [0.05, 0.1) is 18.0 Å². The van der Waals surface area contributed by atoms with E-state index in [4.69, 9.17) is 9.47 Å². The standard InChI is InChI=1S/C20H26N2O4S/c1-12(2)14(22-19(24)26-20(3,4)5)17-21-15(18(23)25-6)16(27-17)13-10-8-7-9-11-13/h7-12,14H,1-6H3,(H,22,24)/t14-/m1/s1. The fourth-order valence-corrected chi connectivity index (χ4v) is 3.72. The van der Waals surface area contributed by atoms with Gasteiger partial charge in [-0.15, -0.1) is 11.3 Å². The molecule has 0 saturated carbocycles. The van der Waals surface area contributed by atoms with E-state index in [1.54, 1.807) is 0 Å². The lowest BCUT2D eigenvalue weighted by atomic mass is 10.1. The Bertz CT molecular complexity index is 794. The van der Waals surface area contributed by atoms with E-state index in [1.165, 1.54) is 18.4 Å². The summed E-state index contributed by atoms with van der Waals surface area (Å²) in [5.74, 6) is -0.450. The fourth-order valence-electron chi connectivity index (χ4n) is 2.44. The van der Waals surface area contributed by atoms with Gasteiger partial charge in [0, 0.05) is 0 Å². The molecule has 0 aliphatic carbocycles. The molecule has 0 bridgehead atoms. The van der Waals surface area contributed by atoms with Crippen LogP contribution in [0.5, 0.6) is 0 Å². The van der Waals surface area contributed by atoms with Gasteiger partial charge in [-0.3, -0.25) is 0 Å². The van der Waals surface area contributed by atoms with Crippen molar-refractivity contribution in [3.63, 3.8) is 0 Å². The van der Waals surface area contributed by atoms with Crippen molar-refractivity contribution in [1.29, 1.82) is 0 Å². The van der Waals surface area contributed by atoms with Crippen molar-refractivity contribution in [3.8, 4) is 10.4 Å². The van der Waals surface area contributed by atoms with Gasteiger partial charge >= 0.3 is 12.1 Å². The van der Waals surface area contributed by atoms with Crippen LogP contribution in [-0.4, -0.2) is 29.8 Å². The predicted molar refractivity (Wildman–Crippen MR) is 106 cm³/mol. The summed E-state index contributed by atoms with van der Waals surface area (Å²) in [6.45, 7) is 9.38. The monoisotopic (exact) mass is 390 g/mol. The van der Waals surface area contributed by atoms with Crippen molar-refractivity contribution in [3.05, 3.63) is 41.0 Å². The van der Waals surface area contributed by atoms with Crippen LogP contribution in [0.3, 0.4) is 0 Å². The first kappa shape index (κ1) is 20.9. The van der Waals surface area contributed by atoms with Crippen LogP contribution in [-0.2, 0) is 9.47 Å². The number of nitrogens with one attached hydrogen (secondary N) is 1. The van der Waals surface area contributed by atoms with Crippen molar-refractivity contribution in [2.45, 2.75) is 46.3 Å². The average Bonchev–Trinajstić information content (AvgIpc) is 3.03. The molecule has 0 aliphatic rings. The minimum absolute atomic E-state index is 0.0535. The second kappa shape index (κ2) is 8.52. The number of hydrogen-bond acceptors (Lipinski definition) is 6. The molecule has 27 heavy (non-hydrogen) atoms. The van der Waals surface area contributed by atoms with Crippen LogP contribution in [0.4, 0.5) is 4.79 Å². The maximum absolute atomic E-state index is 12.3. The predicted octanol–water partition coefficient (Wildman–Crippen LogP) is 4.82. The Hall–Kier alpha value is -2.41. The molecule has 1 amide bonds. The van der Waals surface area contributed by atoms with Crippen LogP contribution in [0.2, 0.25) is 0 Å². The van der Waals surface area contributed by atoms with Crippen LogP contribution in [0.1, 0.15) is 56.2 Å². The smallest absolute Gasteiger partial charge is 0.408 e. The lowest BCUT2D eigenvalue weighted by molar-refractivity contribution is 0.0489. The van der Waals surface area contributed by atoms with E-state index in [2.05, 4.69) is 10.3 Å². The maximum atomic E-state index is 12.3. The van der Waals surface area contributed by atoms with Gasteiger partial charge in [-0.1, -0.05) is 44.2 Å². The first-order chi connectivity index (χ1) is 12.6. The number of esters is 1. The summed E-state index contributed by atoms with van der Waals surface area (Å²) >= 11 is 1.37. The van der Waals surface area contributed by atoms with Crippen LogP contribution in [0.15, 0.2) is 30.3 Å². The molecule has 0 spiro atoms. The third-order valence-corrected chi connectivity index (χ3v) is 4.85. The molecule has 2 aromatic rings. The molecule has 1 aromatic heterocycles. The maximum Gasteiger partial charge on any atom is 0.408 e. The number of thiazole rings is 1. The van der Waals surface area contributed by atoms with Gasteiger partial charge in [0.15, 0.2) is 5.69 Å². The summed E-state index contributed by atoms with van der Waals surface area (Å²) < 4.78 is 10.3. The lowest BCUT2D eigenvalue weighted by Crippen LogP contribution is -2.36. The number of methoxy groups -OCH3 is 1. The fraction of sp³-hybridized carbons (Fsp3) is 0.450. The SMILES string of the molecule is COC(=O)c1nc([C@H](NC(=O)OC(C)(C)C)C(C)C)sc1-c1ccccc1. The number of rotatable bonds is 5. The Kier molecular flexibility index (Phi) is 6.59. The zero-order valence-electron chi connectivity index (χ0n) is 16.5. The first-order valence-electron chi connectivity index (χ1n) is 8.76.